The lowest BCUT2D eigenvalue weighted by molar-refractivity contribution is 0.0592. The molecule has 0 spiro atoms. The minimum Gasteiger partial charge on any atom is -0.508 e. The van der Waals surface area contributed by atoms with Crippen LogP contribution in [0.1, 0.15) is 29.8 Å². The normalized spacial score (nSPS) is 14.8. The van der Waals surface area contributed by atoms with Gasteiger partial charge in [-0.2, -0.15) is 0 Å². The molecule has 1 heterocycles. The summed E-state index contributed by atoms with van der Waals surface area (Å²) >= 11 is 0. The largest absolute Gasteiger partial charge is 0.508 e. The van der Waals surface area contributed by atoms with Gasteiger partial charge >= 0.3 is 5.97 Å². The summed E-state index contributed by atoms with van der Waals surface area (Å²) in [6.07, 6.45) is 2.96. The van der Waals surface area contributed by atoms with Crippen LogP contribution in [0.15, 0.2) is 18.2 Å². The molecule has 1 N–H and O–H groups in total. The number of fused-ring (bicyclic) bond motifs is 1. The number of methoxy groups -OCH3 is 1. The monoisotopic (exact) mass is 291 g/mol. The minimum atomic E-state index is -0.714. The molecule has 0 radical (unpaired) electrons. The molecule has 1 fully saturated rings. The van der Waals surface area contributed by atoms with Gasteiger partial charge in [0.05, 0.1) is 13.2 Å². The van der Waals surface area contributed by atoms with Crippen molar-refractivity contribution in [2.24, 2.45) is 0 Å². The van der Waals surface area contributed by atoms with Crippen molar-refractivity contribution in [2.45, 2.75) is 25.4 Å². The second kappa shape index (κ2) is 5.20. The van der Waals surface area contributed by atoms with Gasteiger partial charge in [0.15, 0.2) is 11.5 Å². The quantitative estimate of drug-likeness (QED) is 0.881. The number of nitrogens with zero attached hydrogens (tertiary/aromatic N) is 1. The average molecular weight is 291 g/mol. The van der Waals surface area contributed by atoms with Crippen molar-refractivity contribution in [1.29, 1.82) is 0 Å². The number of esters is 1. The maximum absolute atomic E-state index is 14.0. The number of hydrogen-bond acceptors (Lipinski definition) is 5. The molecule has 1 aromatic carbocycles. The molecule has 21 heavy (non-hydrogen) atoms. The van der Waals surface area contributed by atoms with Crippen LogP contribution < -0.4 is 4.74 Å². The number of phenols is 1. The summed E-state index contributed by atoms with van der Waals surface area (Å²) in [7, 11) is 1.23. The molecule has 3 rings (SSSR count). The smallest absolute Gasteiger partial charge is 0.356 e. The number of aromatic hydroxyl groups is 1. The van der Waals surface area contributed by atoms with Crippen molar-refractivity contribution < 1.29 is 23.8 Å². The molecule has 0 unspecified atom stereocenters. The molecule has 0 amide bonds. The van der Waals surface area contributed by atoms with Gasteiger partial charge in [0.25, 0.3) is 0 Å². The number of hydrogen-bond donors (Lipinski definition) is 1. The van der Waals surface area contributed by atoms with E-state index in [4.69, 9.17) is 4.74 Å². The number of carbonyl (C=O) groups excluding carboxylic acids is 1. The van der Waals surface area contributed by atoms with Gasteiger partial charge < -0.3 is 14.6 Å². The fraction of sp³-hybridized carbons (Fsp3) is 0.333. The molecular weight excluding hydrogens is 277 g/mol. The molecule has 5 nitrogen and oxygen atoms in total. The predicted octanol–water partition coefficient (Wildman–Crippen LogP) is 2.80. The fourth-order valence-corrected chi connectivity index (χ4v) is 2.22. The van der Waals surface area contributed by atoms with Gasteiger partial charge in [-0.1, -0.05) is 0 Å². The highest BCUT2D eigenvalue weighted by molar-refractivity contribution is 5.94. The zero-order valence-corrected chi connectivity index (χ0v) is 11.4. The van der Waals surface area contributed by atoms with Crippen LogP contribution >= 0.6 is 0 Å². The van der Waals surface area contributed by atoms with Gasteiger partial charge in [-0.15, -0.1) is 0 Å². The number of rotatable bonds is 3. The lowest BCUT2D eigenvalue weighted by atomic mass is 9.96. The summed E-state index contributed by atoms with van der Waals surface area (Å²) in [5, 5.41) is 9.89. The van der Waals surface area contributed by atoms with Crippen LogP contribution in [0.4, 0.5) is 4.39 Å². The Bertz CT molecular complexity index is 712. The molecular formula is C15H14FNO4. The van der Waals surface area contributed by atoms with Gasteiger partial charge in [-0.05, 0) is 25.3 Å². The van der Waals surface area contributed by atoms with Crippen molar-refractivity contribution >= 4 is 16.9 Å². The number of phenolic OH excluding ortho intramolecular Hbond substituents is 1. The lowest BCUT2D eigenvalue weighted by Gasteiger charge is -2.27. The lowest BCUT2D eigenvalue weighted by Crippen LogP contribution is -2.25. The first-order valence-electron chi connectivity index (χ1n) is 6.66. The minimum absolute atomic E-state index is 0.0231. The number of halogens is 1. The van der Waals surface area contributed by atoms with Gasteiger partial charge in [0.1, 0.15) is 17.0 Å². The Hall–Kier alpha value is -2.37. The molecule has 2 aromatic rings. The third-order valence-corrected chi connectivity index (χ3v) is 3.55. The Morgan fingerprint density at radius 3 is 2.76 bits per heavy atom. The Balaban J connectivity index is 2.17. The van der Waals surface area contributed by atoms with E-state index in [2.05, 4.69) is 9.72 Å². The van der Waals surface area contributed by atoms with Crippen LogP contribution in [0.3, 0.4) is 0 Å². The molecule has 0 bridgehead atoms. The van der Waals surface area contributed by atoms with Crippen molar-refractivity contribution in [2.75, 3.05) is 7.11 Å². The van der Waals surface area contributed by atoms with E-state index in [1.807, 2.05) is 0 Å². The van der Waals surface area contributed by atoms with E-state index in [1.165, 1.54) is 19.2 Å². The number of pyridine rings is 1. The molecule has 0 aliphatic heterocycles. The van der Waals surface area contributed by atoms with Gasteiger partial charge in [0, 0.05) is 17.5 Å². The van der Waals surface area contributed by atoms with E-state index in [0.29, 0.717) is 11.1 Å². The number of benzene rings is 1. The zero-order valence-electron chi connectivity index (χ0n) is 11.4. The SMILES string of the molecule is COC(=O)c1cc(OC2CCC2)c2cc(O)cc(F)c2n1. The first-order chi connectivity index (χ1) is 10.1. The first kappa shape index (κ1) is 13.6. The highest BCUT2D eigenvalue weighted by Crippen LogP contribution is 2.34. The summed E-state index contributed by atoms with van der Waals surface area (Å²) in [5.74, 6) is -1.26. The van der Waals surface area contributed by atoms with Crippen molar-refractivity contribution in [3.63, 3.8) is 0 Å². The number of aromatic nitrogens is 1. The van der Waals surface area contributed by atoms with E-state index in [1.54, 1.807) is 0 Å². The topological polar surface area (TPSA) is 68.7 Å². The summed E-state index contributed by atoms with van der Waals surface area (Å²) in [4.78, 5) is 15.6. The standard InChI is InChI=1S/C15H14FNO4/c1-20-15(19)12-7-13(21-9-3-2-4-9)10-5-8(18)6-11(16)14(10)17-12/h5-7,9,18H,2-4H2,1H3. The number of carbonyl (C=O) groups is 1. The van der Waals surface area contributed by atoms with Crippen molar-refractivity contribution in [1.82, 2.24) is 4.98 Å². The van der Waals surface area contributed by atoms with E-state index < -0.39 is 11.8 Å². The van der Waals surface area contributed by atoms with Crippen LogP contribution in [-0.4, -0.2) is 29.3 Å². The fourth-order valence-electron chi connectivity index (χ4n) is 2.22. The van der Waals surface area contributed by atoms with Crippen molar-refractivity contribution in [3.8, 4) is 11.5 Å². The van der Waals surface area contributed by atoms with Crippen LogP contribution in [0.2, 0.25) is 0 Å². The van der Waals surface area contributed by atoms with E-state index in [0.717, 1.165) is 25.3 Å². The molecule has 0 saturated heterocycles. The average Bonchev–Trinajstić information content (AvgIpc) is 2.42. The molecule has 0 atom stereocenters. The zero-order chi connectivity index (χ0) is 15.0. The van der Waals surface area contributed by atoms with Crippen LogP contribution in [-0.2, 0) is 4.74 Å². The second-order valence-corrected chi connectivity index (χ2v) is 4.99. The van der Waals surface area contributed by atoms with Crippen LogP contribution in [0.25, 0.3) is 10.9 Å². The molecule has 1 aliphatic carbocycles. The Labute approximate surface area is 120 Å². The summed E-state index contributed by atoms with van der Waals surface area (Å²) < 4.78 is 24.4. The van der Waals surface area contributed by atoms with Crippen molar-refractivity contribution in [3.05, 3.63) is 29.7 Å². The molecule has 1 aromatic heterocycles. The maximum atomic E-state index is 14.0. The Kier molecular flexibility index (Phi) is 3.37. The summed E-state index contributed by atoms with van der Waals surface area (Å²) in [6.45, 7) is 0. The van der Waals surface area contributed by atoms with Gasteiger partial charge in [-0.3, -0.25) is 0 Å². The number of ether oxygens (including phenoxy) is 2. The Morgan fingerprint density at radius 1 is 1.38 bits per heavy atom. The molecule has 1 aliphatic rings. The third-order valence-electron chi connectivity index (χ3n) is 3.55. The van der Waals surface area contributed by atoms with Crippen LogP contribution in [0.5, 0.6) is 11.5 Å². The van der Waals surface area contributed by atoms with E-state index >= 15 is 0 Å². The maximum Gasteiger partial charge on any atom is 0.356 e. The summed E-state index contributed by atoms with van der Waals surface area (Å²) in [6, 6.07) is 3.75. The predicted molar refractivity (Wildman–Crippen MR) is 73.0 cm³/mol. The van der Waals surface area contributed by atoms with Gasteiger partial charge in [-0.25, -0.2) is 14.2 Å². The van der Waals surface area contributed by atoms with E-state index in [9.17, 15) is 14.3 Å². The molecule has 1 saturated carbocycles. The molecule has 6 heteroatoms. The highest BCUT2D eigenvalue weighted by Gasteiger charge is 2.23. The van der Waals surface area contributed by atoms with Crippen LogP contribution in [0, 0.1) is 5.82 Å². The van der Waals surface area contributed by atoms with E-state index in [-0.39, 0.29) is 23.1 Å². The second-order valence-electron chi connectivity index (χ2n) is 4.99. The summed E-state index contributed by atoms with van der Waals surface area (Å²) in [5.41, 5.74) is -0.0473. The third kappa shape index (κ3) is 2.49. The van der Waals surface area contributed by atoms with Gasteiger partial charge in [0.2, 0.25) is 0 Å². The Morgan fingerprint density at radius 2 is 2.14 bits per heavy atom. The first-order valence-corrected chi connectivity index (χ1v) is 6.66. The molecule has 110 valence electrons. The highest BCUT2D eigenvalue weighted by atomic mass is 19.1.